The molecule has 14 rings (SSSR count). The molecule has 4 aromatic heterocycles. The summed E-state index contributed by atoms with van der Waals surface area (Å²) in [4.78, 5) is 31.2. The van der Waals surface area contributed by atoms with E-state index < -0.39 is 0 Å². The number of hydrogen-bond donors (Lipinski definition) is 0. The Labute approximate surface area is 426 Å². The van der Waals surface area contributed by atoms with Crippen molar-refractivity contribution in [3.63, 3.8) is 0 Å². The van der Waals surface area contributed by atoms with Gasteiger partial charge in [0.15, 0.2) is 29.1 Å². The summed E-state index contributed by atoms with van der Waals surface area (Å²) in [6, 6.07) is 88.3. The van der Waals surface area contributed by atoms with E-state index in [-0.39, 0.29) is 0 Å². The summed E-state index contributed by atoms with van der Waals surface area (Å²) in [7, 11) is 0. The number of nitrogens with zero attached hydrogens (tertiary/aromatic N) is 8. The van der Waals surface area contributed by atoms with Gasteiger partial charge < -0.3 is 4.57 Å². The van der Waals surface area contributed by atoms with E-state index in [0.717, 1.165) is 88.2 Å². The van der Waals surface area contributed by atoms with E-state index in [1.54, 1.807) is 0 Å². The molecule has 0 aliphatic carbocycles. The summed E-state index contributed by atoms with van der Waals surface area (Å²) >= 11 is 0. The molecule has 14 aromatic rings. The number of fused-ring (bicyclic) bond motifs is 7. The predicted octanol–water partition coefficient (Wildman–Crippen LogP) is 15.9. The van der Waals surface area contributed by atoms with Gasteiger partial charge in [0.1, 0.15) is 0 Å². The van der Waals surface area contributed by atoms with Crippen molar-refractivity contribution in [2.75, 3.05) is 0 Å². The lowest BCUT2D eigenvalue weighted by Crippen LogP contribution is -2.07. The van der Waals surface area contributed by atoms with Crippen LogP contribution in [-0.4, -0.2) is 39.0 Å². The van der Waals surface area contributed by atoms with Crippen LogP contribution in [0.3, 0.4) is 0 Å². The second kappa shape index (κ2) is 17.9. The molecule has 0 radical (unpaired) electrons. The van der Waals surface area contributed by atoms with Gasteiger partial charge in [0, 0.05) is 55.0 Å². The minimum Gasteiger partial charge on any atom is -0.307 e. The average molecular weight is 947 g/mol. The predicted molar refractivity (Wildman–Crippen MR) is 300 cm³/mol. The van der Waals surface area contributed by atoms with Gasteiger partial charge in [-0.15, -0.1) is 0 Å². The molecule has 0 aliphatic heterocycles. The second-order valence-electron chi connectivity index (χ2n) is 18.3. The third kappa shape index (κ3) is 7.48. The zero-order valence-electron chi connectivity index (χ0n) is 39.8. The van der Waals surface area contributed by atoms with E-state index in [2.05, 4.69) is 155 Å². The lowest BCUT2D eigenvalue weighted by molar-refractivity contribution is 0.953. The minimum atomic E-state index is 0.499. The number of para-hydroxylation sites is 2. The van der Waals surface area contributed by atoms with E-state index >= 15 is 0 Å². The first-order valence-corrected chi connectivity index (χ1v) is 24.7. The van der Waals surface area contributed by atoms with Gasteiger partial charge in [0.2, 0.25) is 5.95 Å². The summed E-state index contributed by atoms with van der Waals surface area (Å²) in [5.41, 5.74) is 14.1. The molecule has 0 spiro atoms. The molecule has 74 heavy (non-hydrogen) atoms. The van der Waals surface area contributed by atoms with Gasteiger partial charge in [0.05, 0.1) is 22.1 Å². The molecule has 10 aromatic carbocycles. The highest BCUT2D eigenvalue weighted by atomic mass is 15.2. The van der Waals surface area contributed by atoms with Crippen molar-refractivity contribution in [3.8, 4) is 90.8 Å². The highest BCUT2D eigenvalue weighted by Gasteiger charge is 2.24. The Kier molecular flexibility index (Phi) is 10.3. The Morgan fingerprint density at radius 1 is 0.216 bits per heavy atom. The fourth-order valence-corrected chi connectivity index (χ4v) is 10.4. The van der Waals surface area contributed by atoms with E-state index in [1.165, 1.54) is 11.1 Å². The highest BCUT2D eigenvalue weighted by molar-refractivity contribution is 6.23. The van der Waals surface area contributed by atoms with Gasteiger partial charge in [-0.05, 0) is 58.7 Å². The highest BCUT2D eigenvalue weighted by Crippen LogP contribution is 2.42. The average Bonchev–Trinajstić information content (AvgIpc) is 4.08. The fraction of sp³-hybridized carbons (Fsp3) is 0. The first-order chi connectivity index (χ1) is 36.7. The summed E-state index contributed by atoms with van der Waals surface area (Å²) in [5.74, 6) is 3.29. The quantitative estimate of drug-likeness (QED) is 0.143. The van der Waals surface area contributed by atoms with Gasteiger partial charge in [-0.3, -0.25) is 4.57 Å². The van der Waals surface area contributed by atoms with Gasteiger partial charge in [-0.1, -0.05) is 218 Å². The van der Waals surface area contributed by atoms with Crippen LogP contribution in [0.2, 0.25) is 0 Å². The number of aromatic nitrogens is 8. The monoisotopic (exact) mass is 946 g/mol. The SMILES string of the molecule is c1ccc(-c2cccc(-c3cccc(-n4c5ccccc5c5ccc6c7ccccc7n(-c7nc(-c8ccccc8)nc(-c8cccc(-c9nc(-c%10ccccc%10)nc(-c%10ccccc%10)n9)c8)n7)c6c54)c3)c2)cc1. The van der Waals surface area contributed by atoms with Crippen LogP contribution in [0.1, 0.15) is 0 Å². The fourth-order valence-electron chi connectivity index (χ4n) is 10.4. The number of rotatable bonds is 9. The van der Waals surface area contributed by atoms with Crippen molar-refractivity contribution in [1.82, 2.24) is 39.0 Å². The van der Waals surface area contributed by atoms with Gasteiger partial charge >= 0.3 is 0 Å². The molecule has 0 saturated heterocycles. The summed E-state index contributed by atoms with van der Waals surface area (Å²) in [6.07, 6.45) is 0. The normalized spacial score (nSPS) is 11.5. The molecule has 0 N–H and O–H groups in total. The summed E-state index contributed by atoms with van der Waals surface area (Å²) < 4.78 is 4.65. The van der Waals surface area contributed by atoms with Crippen molar-refractivity contribution in [2.45, 2.75) is 0 Å². The van der Waals surface area contributed by atoms with Crippen LogP contribution < -0.4 is 0 Å². The molecule has 8 nitrogen and oxygen atoms in total. The number of hydrogen-bond acceptors (Lipinski definition) is 6. The largest absolute Gasteiger partial charge is 0.307 e. The van der Waals surface area contributed by atoms with Crippen LogP contribution >= 0.6 is 0 Å². The van der Waals surface area contributed by atoms with Crippen LogP contribution in [0.25, 0.3) is 134 Å². The molecule has 4 heterocycles. The summed E-state index contributed by atoms with van der Waals surface area (Å²) in [6.45, 7) is 0. The third-order valence-electron chi connectivity index (χ3n) is 13.8. The van der Waals surface area contributed by atoms with E-state index in [4.69, 9.17) is 29.9 Å². The molecule has 0 amide bonds. The first-order valence-electron chi connectivity index (χ1n) is 24.7. The van der Waals surface area contributed by atoms with Crippen LogP contribution in [-0.2, 0) is 0 Å². The van der Waals surface area contributed by atoms with Crippen molar-refractivity contribution in [3.05, 3.63) is 255 Å². The molecule has 0 unspecified atom stereocenters. The van der Waals surface area contributed by atoms with Crippen molar-refractivity contribution in [1.29, 1.82) is 0 Å². The molecule has 0 bridgehead atoms. The standard InChI is InChI=1S/C66H42N8/c1-5-20-43(21-6-1)47-28-17-29-48(40-47)49-30-19-33-52(42-49)73-57-36-15-13-34-53(57)55-38-39-56-54-35-14-16-37-58(54)74(60(56)59(55)73)66-71-63(46-26-11-4-12-27-46)70-65(72-66)51-32-18-31-50(41-51)64-68-61(44-22-7-2-8-23-44)67-62(69-64)45-24-9-3-10-25-45/h1-42H. The first kappa shape index (κ1) is 42.7. The smallest absolute Gasteiger partial charge is 0.238 e. The Balaban J connectivity index is 0.991. The van der Waals surface area contributed by atoms with E-state index in [0.29, 0.717) is 35.1 Å². The lowest BCUT2D eigenvalue weighted by Gasteiger charge is -2.14. The molecule has 8 heteroatoms. The Morgan fingerprint density at radius 3 is 1.08 bits per heavy atom. The maximum absolute atomic E-state index is 5.47. The maximum Gasteiger partial charge on any atom is 0.238 e. The van der Waals surface area contributed by atoms with Gasteiger partial charge in [-0.25, -0.2) is 19.9 Å². The minimum absolute atomic E-state index is 0.499. The molecular formula is C66H42N8. The molecule has 0 fully saturated rings. The molecule has 0 aliphatic rings. The van der Waals surface area contributed by atoms with E-state index in [9.17, 15) is 0 Å². The Hall–Kier alpha value is -10.2. The topological polar surface area (TPSA) is 87.2 Å². The van der Waals surface area contributed by atoms with Gasteiger partial charge in [0.25, 0.3) is 0 Å². The third-order valence-corrected chi connectivity index (χ3v) is 13.8. The van der Waals surface area contributed by atoms with Crippen LogP contribution in [0.4, 0.5) is 0 Å². The molecule has 0 saturated carbocycles. The number of benzene rings is 10. The molecule has 346 valence electrons. The summed E-state index contributed by atoms with van der Waals surface area (Å²) in [5, 5.41) is 4.46. The van der Waals surface area contributed by atoms with Crippen LogP contribution in [0, 0.1) is 0 Å². The zero-order chi connectivity index (χ0) is 49.0. The Morgan fingerprint density at radius 2 is 0.554 bits per heavy atom. The molecular weight excluding hydrogens is 905 g/mol. The van der Waals surface area contributed by atoms with Crippen LogP contribution in [0.5, 0.6) is 0 Å². The van der Waals surface area contributed by atoms with Crippen molar-refractivity contribution < 1.29 is 0 Å². The van der Waals surface area contributed by atoms with Gasteiger partial charge in [-0.2, -0.15) is 9.97 Å². The maximum atomic E-state index is 5.47. The Bertz CT molecular complexity index is 4360. The van der Waals surface area contributed by atoms with E-state index in [1.807, 2.05) is 109 Å². The van der Waals surface area contributed by atoms with Crippen molar-refractivity contribution >= 4 is 43.6 Å². The van der Waals surface area contributed by atoms with Crippen molar-refractivity contribution in [2.24, 2.45) is 0 Å². The zero-order valence-corrected chi connectivity index (χ0v) is 39.8. The molecule has 0 atom stereocenters. The lowest BCUT2D eigenvalue weighted by atomic mass is 9.99. The van der Waals surface area contributed by atoms with Crippen LogP contribution in [0.15, 0.2) is 255 Å². The second-order valence-corrected chi connectivity index (χ2v) is 18.3.